The Morgan fingerprint density at radius 3 is 2.50 bits per heavy atom. The van der Waals surface area contributed by atoms with Crippen LogP contribution in [-0.2, 0) is 6.42 Å². The average molecular weight is 229 g/mol. The molecule has 0 unspecified atom stereocenters. The highest BCUT2D eigenvalue weighted by Gasteiger charge is 1.95. The monoisotopic (exact) mass is 229 g/mol. The van der Waals surface area contributed by atoms with Gasteiger partial charge in [0.25, 0.3) is 0 Å². The summed E-state index contributed by atoms with van der Waals surface area (Å²) < 4.78 is 0. The van der Waals surface area contributed by atoms with Gasteiger partial charge in [0.2, 0.25) is 0 Å². The van der Waals surface area contributed by atoms with Crippen molar-refractivity contribution in [3.05, 3.63) is 60.2 Å². The van der Waals surface area contributed by atoms with Crippen LogP contribution < -0.4 is 5.73 Å². The summed E-state index contributed by atoms with van der Waals surface area (Å²) in [5.74, 6) is 1.09. The molecule has 0 spiro atoms. The molecule has 2 N–H and O–H groups in total. The Labute approximate surface area is 101 Å². The van der Waals surface area contributed by atoms with Crippen LogP contribution in [0.2, 0.25) is 0 Å². The fourth-order valence-corrected chi connectivity index (χ4v) is 2.48. The molecule has 2 aromatic carbocycles. The number of thioether (sulfide) groups is 1. The minimum Gasteiger partial charge on any atom is -0.399 e. The lowest BCUT2D eigenvalue weighted by Gasteiger charge is -2.03. The number of nitrogens with two attached hydrogens (primary N) is 1. The minimum atomic E-state index is 0.849. The maximum Gasteiger partial charge on any atom is 0.0316 e. The molecule has 0 saturated carbocycles. The van der Waals surface area contributed by atoms with E-state index in [0.717, 1.165) is 17.9 Å². The van der Waals surface area contributed by atoms with E-state index in [9.17, 15) is 0 Å². The van der Waals surface area contributed by atoms with E-state index in [1.54, 1.807) is 0 Å². The fourth-order valence-electron chi connectivity index (χ4n) is 1.55. The lowest BCUT2D eigenvalue weighted by Crippen LogP contribution is -1.91. The molecule has 0 saturated heterocycles. The van der Waals surface area contributed by atoms with E-state index in [-0.39, 0.29) is 0 Å². The summed E-state index contributed by atoms with van der Waals surface area (Å²) in [6, 6.07) is 18.6. The number of aryl methyl sites for hydroxylation is 1. The van der Waals surface area contributed by atoms with Crippen LogP contribution in [0.3, 0.4) is 0 Å². The van der Waals surface area contributed by atoms with Crippen LogP contribution in [0.15, 0.2) is 59.5 Å². The van der Waals surface area contributed by atoms with Crippen LogP contribution in [0.25, 0.3) is 0 Å². The van der Waals surface area contributed by atoms with Gasteiger partial charge in [0.05, 0.1) is 0 Å². The Kier molecular flexibility index (Phi) is 3.89. The normalized spacial score (nSPS) is 10.2. The van der Waals surface area contributed by atoms with Crippen LogP contribution in [0.5, 0.6) is 0 Å². The molecule has 2 rings (SSSR count). The average Bonchev–Trinajstić information content (AvgIpc) is 2.30. The minimum absolute atomic E-state index is 0.849. The summed E-state index contributed by atoms with van der Waals surface area (Å²) in [5.41, 5.74) is 7.89. The number of hydrogen-bond donors (Lipinski definition) is 1. The molecule has 0 atom stereocenters. The fraction of sp³-hybridized carbons (Fsp3) is 0.143. The summed E-state index contributed by atoms with van der Waals surface area (Å²) >= 11 is 1.88. The molecule has 0 fully saturated rings. The first kappa shape index (κ1) is 11.1. The highest BCUT2D eigenvalue weighted by Crippen LogP contribution is 2.18. The second-order valence-electron chi connectivity index (χ2n) is 3.66. The zero-order valence-electron chi connectivity index (χ0n) is 9.10. The van der Waals surface area contributed by atoms with Crippen LogP contribution in [0.4, 0.5) is 5.69 Å². The Balaban J connectivity index is 1.85. The Hall–Kier alpha value is -1.41. The van der Waals surface area contributed by atoms with Crippen LogP contribution in [-0.4, -0.2) is 5.75 Å². The molecule has 16 heavy (non-hydrogen) atoms. The number of nitrogen functional groups attached to an aromatic ring is 1. The predicted molar refractivity (Wildman–Crippen MR) is 71.7 cm³/mol. The molecule has 0 amide bonds. The molecule has 2 aromatic rings. The van der Waals surface area contributed by atoms with Gasteiger partial charge in [0, 0.05) is 16.3 Å². The van der Waals surface area contributed by atoms with Gasteiger partial charge in [-0.25, -0.2) is 0 Å². The van der Waals surface area contributed by atoms with Crippen molar-refractivity contribution in [2.45, 2.75) is 11.3 Å². The number of benzene rings is 2. The van der Waals surface area contributed by atoms with E-state index in [1.165, 1.54) is 10.5 Å². The maximum atomic E-state index is 5.73. The quantitative estimate of drug-likeness (QED) is 0.640. The molecule has 0 heterocycles. The smallest absolute Gasteiger partial charge is 0.0316 e. The van der Waals surface area contributed by atoms with Gasteiger partial charge in [-0.05, 0) is 36.2 Å². The molecule has 0 radical (unpaired) electrons. The van der Waals surface area contributed by atoms with Crippen molar-refractivity contribution in [2.75, 3.05) is 11.5 Å². The lowest BCUT2D eigenvalue weighted by molar-refractivity contribution is 1.16. The summed E-state index contributed by atoms with van der Waals surface area (Å²) in [6.45, 7) is 0. The summed E-state index contributed by atoms with van der Waals surface area (Å²) in [4.78, 5) is 1.33. The number of rotatable bonds is 4. The van der Waals surface area contributed by atoms with Crippen molar-refractivity contribution in [1.82, 2.24) is 0 Å². The van der Waals surface area contributed by atoms with Gasteiger partial charge in [-0.2, -0.15) is 0 Å². The summed E-state index contributed by atoms with van der Waals surface area (Å²) in [7, 11) is 0. The molecule has 0 aliphatic carbocycles. The van der Waals surface area contributed by atoms with E-state index in [4.69, 9.17) is 5.73 Å². The van der Waals surface area contributed by atoms with Crippen molar-refractivity contribution in [1.29, 1.82) is 0 Å². The number of anilines is 1. The predicted octanol–water partition coefficient (Wildman–Crippen LogP) is 3.60. The first-order valence-corrected chi connectivity index (χ1v) is 6.35. The zero-order chi connectivity index (χ0) is 11.2. The molecule has 1 nitrogen and oxygen atoms in total. The van der Waals surface area contributed by atoms with Gasteiger partial charge >= 0.3 is 0 Å². The van der Waals surface area contributed by atoms with Gasteiger partial charge in [0.15, 0.2) is 0 Å². The van der Waals surface area contributed by atoms with Crippen LogP contribution in [0, 0.1) is 0 Å². The summed E-state index contributed by atoms with van der Waals surface area (Å²) in [6.07, 6.45) is 1.06. The van der Waals surface area contributed by atoms with Gasteiger partial charge in [-0.3, -0.25) is 0 Å². The van der Waals surface area contributed by atoms with Crippen molar-refractivity contribution in [2.24, 2.45) is 0 Å². The molecule has 0 aliphatic heterocycles. The third kappa shape index (κ3) is 3.31. The van der Waals surface area contributed by atoms with Gasteiger partial charge in [0.1, 0.15) is 0 Å². The SMILES string of the molecule is Nc1cccc(CCSc2ccccc2)c1. The van der Waals surface area contributed by atoms with Gasteiger partial charge in [-0.1, -0.05) is 30.3 Å². The summed E-state index contributed by atoms with van der Waals surface area (Å²) in [5, 5.41) is 0. The highest BCUT2D eigenvalue weighted by atomic mass is 32.2. The van der Waals surface area contributed by atoms with E-state index in [0.29, 0.717) is 0 Å². The van der Waals surface area contributed by atoms with E-state index >= 15 is 0 Å². The van der Waals surface area contributed by atoms with Crippen molar-refractivity contribution < 1.29 is 0 Å². The van der Waals surface area contributed by atoms with Crippen LogP contribution in [0.1, 0.15) is 5.56 Å². The van der Waals surface area contributed by atoms with E-state index in [1.807, 2.05) is 36.0 Å². The number of hydrogen-bond acceptors (Lipinski definition) is 2. The van der Waals surface area contributed by atoms with E-state index < -0.39 is 0 Å². The Morgan fingerprint density at radius 1 is 0.938 bits per heavy atom. The highest BCUT2D eigenvalue weighted by molar-refractivity contribution is 7.99. The maximum absolute atomic E-state index is 5.73. The molecule has 82 valence electrons. The Bertz CT molecular complexity index is 439. The molecule has 2 heteroatoms. The van der Waals surface area contributed by atoms with E-state index in [2.05, 4.69) is 30.3 Å². The van der Waals surface area contributed by atoms with Crippen molar-refractivity contribution >= 4 is 17.4 Å². The molecule has 0 aromatic heterocycles. The van der Waals surface area contributed by atoms with Crippen molar-refractivity contribution in [3.63, 3.8) is 0 Å². The first-order valence-electron chi connectivity index (χ1n) is 5.37. The molecular weight excluding hydrogens is 214 g/mol. The topological polar surface area (TPSA) is 26.0 Å². The lowest BCUT2D eigenvalue weighted by atomic mass is 10.1. The second kappa shape index (κ2) is 5.61. The first-order chi connectivity index (χ1) is 7.84. The van der Waals surface area contributed by atoms with Gasteiger partial charge in [-0.15, -0.1) is 11.8 Å². The van der Waals surface area contributed by atoms with Gasteiger partial charge < -0.3 is 5.73 Å². The molecule has 0 aliphatic rings. The standard InChI is InChI=1S/C14H15NS/c15-13-6-4-5-12(11-13)9-10-16-14-7-2-1-3-8-14/h1-8,11H,9-10,15H2. The van der Waals surface area contributed by atoms with Crippen LogP contribution >= 0.6 is 11.8 Å². The Morgan fingerprint density at radius 2 is 1.75 bits per heavy atom. The largest absolute Gasteiger partial charge is 0.399 e. The molecule has 0 bridgehead atoms. The zero-order valence-corrected chi connectivity index (χ0v) is 9.91. The third-order valence-electron chi connectivity index (χ3n) is 2.35. The van der Waals surface area contributed by atoms with Crippen molar-refractivity contribution in [3.8, 4) is 0 Å². The third-order valence-corrected chi connectivity index (χ3v) is 3.37. The second-order valence-corrected chi connectivity index (χ2v) is 4.82. The molecular formula is C14H15NS.